The highest BCUT2D eigenvalue weighted by molar-refractivity contribution is 6.07. The highest BCUT2D eigenvalue weighted by Gasteiger charge is 2.20. The van der Waals surface area contributed by atoms with Gasteiger partial charge in [0.15, 0.2) is 0 Å². The molecule has 0 aliphatic carbocycles. The van der Waals surface area contributed by atoms with Crippen LogP contribution < -0.4 is 4.90 Å². The summed E-state index contributed by atoms with van der Waals surface area (Å²) >= 11 is 0. The number of benzene rings is 2. The van der Waals surface area contributed by atoms with Crippen molar-refractivity contribution in [2.75, 3.05) is 19.0 Å². The number of fused-ring (bicyclic) bond motifs is 1. The summed E-state index contributed by atoms with van der Waals surface area (Å²) < 4.78 is 5.13. The van der Waals surface area contributed by atoms with Crippen LogP contribution in [0.5, 0.6) is 0 Å². The van der Waals surface area contributed by atoms with Gasteiger partial charge in [0.2, 0.25) is 0 Å². The topological polar surface area (TPSA) is 66.8 Å². The first-order chi connectivity index (χ1) is 10.3. The van der Waals surface area contributed by atoms with Crippen LogP contribution in [-0.4, -0.2) is 37.2 Å². The number of carboxylic acids is 1. The van der Waals surface area contributed by atoms with Crippen LogP contribution in [0.15, 0.2) is 30.3 Å². The van der Waals surface area contributed by atoms with E-state index in [9.17, 15) is 14.7 Å². The lowest BCUT2D eigenvalue weighted by atomic mass is 10.00. The van der Waals surface area contributed by atoms with Crippen molar-refractivity contribution in [3.63, 3.8) is 0 Å². The largest absolute Gasteiger partial charge is 0.478 e. The van der Waals surface area contributed by atoms with Crippen molar-refractivity contribution in [1.82, 2.24) is 0 Å². The summed E-state index contributed by atoms with van der Waals surface area (Å²) in [4.78, 5) is 25.5. The third-order valence-corrected chi connectivity index (χ3v) is 3.27. The van der Waals surface area contributed by atoms with E-state index in [0.717, 1.165) is 16.5 Å². The fourth-order valence-electron chi connectivity index (χ4n) is 2.19. The number of hydrogen-bond acceptors (Lipinski definition) is 4. The molecule has 0 bridgehead atoms. The number of carbonyl (C=O) groups excluding carboxylic acids is 1. The molecule has 0 radical (unpaired) electrons. The molecule has 0 aromatic heterocycles. The molecule has 0 unspecified atom stereocenters. The molecule has 0 aliphatic rings. The molecule has 0 fully saturated rings. The lowest BCUT2D eigenvalue weighted by molar-refractivity contribution is 0.0371. The van der Waals surface area contributed by atoms with Crippen molar-refractivity contribution in [2.24, 2.45) is 0 Å². The molecule has 0 heterocycles. The van der Waals surface area contributed by atoms with Crippen LogP contribution in [0.4, 0.5) is 5.69 Å². The van der Waals surface area contributed by atoms with Crippen molar-refractivity contribution in [3.05, 3.63) is 41.5 Å². The Morgan fingerprint density at radius 2 is 1.68 bits per heavy atom. The third-order valence-electron chi connectivity index (χ3n) is 3.27. The minimum absolute atomic E-state index is 0.0472. The van der Waals surface area contributed by atoms with Crippen molar-refractivity contribution in [2.45, 2.75) is 20.0 Å². The second kappa shape index (κ2) is 6.05. The molecule has 0 spiro atoms. The zero-order chi connectivity index (χ0) is 16.4. The summed E-state index contributed by atoms with van der Waals surface area (Å²) in [7, 11) is 3.82. The quantitative estimate of drug-likeness (QED) is 0.879. The van der Waals surface area contributed by atoms with Crippen LogP contribution in [0.25, 0.3) is 10.8 Å². The fourth-order valence-corrected chi connectivity index (χ4v) is 2.19. The summed E-state index contributed by atoms with van der Waals surface area (Å²) in [5, 5.41) is 10.9. The summed E-state index contributed by atoms with van der Waals surface area (Å²) in [6, 6.07) is 8.76. The number of ether oxygens (including phenoxy) is 1. The second-order valence-corrected chi connectivity index (χ2v) is 5.58. The van der Waals surface area contributed by atoms with Gasteiger partial charge in [-0.2, -0.15) is 0 Å². The van der Waals surface area contributed by atoms with E-state index in [1.54, 1.807) is 19.9 Å². The predicted molar refractivity (Wildman–Crippen MR) is 85.8 cm³/mol. The van der Waals surface area contributed by atoms with Crippen LogP contribution in [0.1, 0.15) is 34.6 Å². The van der Waals surface area contributed by atoms with E-state index in [0.29, 0.717) is 0 Å². The highest BCUT2D eigenvalue weighted by atomic mass is 16.5. The SMILES string of the molecule is CC(C)OC(=O)c1cc2ccc(N(C)C)cc2cc1C(=O)O. The fraction of sp³-hybridized carbons (Fsp3) is 0.294. The van der Waals surface area contributed by atoms with E-state index in [-0.39, 0.29) is 17.2 Å². The van der Waals surface area contributed by atoms with E-state index < -0.39 is 11.9 Å². The minimum atomic E-state index is -1.15. The summed E-state index contributed by atoms with van der Waals surface area (Å²) in [5.41, 5.74) is 0.988. The third kappa shape index (κ3) is 3.19. The van der Waals surface area contributed by atoms with Gasteiger partial charge in [0, 0.05) is 19.8 Å². The smallest absolute Gasteiger partial charge is 0.339 e. The van der Waals surface area contributed by atoms with Gasteiger partial charge < -0.3 is 14.7 Å². The monoisotopic (exact) mass is 301 g/mol. The normalized spacial score (nSPS) is 10.8. The summed E-state index contributed by atoms with van der Waals surface area (Å²) in [5.74, 6) is -1.76. The molecule has 1 N–H and O–H groups in total. The van der Waals surface area contributed by atoms with E-state index in [4.69, 9.17) is 4.74 Å². The predicted octanol–water partition coefficient (Wildman–Crippen LogP) is 3.17. The maximum absolute atomic E-state index is 12.1. The van der Waals surface area contributed by atoms with Gasteiger partial charge in [-0.05, 0) is 48.9 Å². The van der Waals surface area contributed by atoms with Crippen molar-refractivity contribution < 1.29 is 19.4 Å². The molecule has 0 atom stereocenters. The van der Waals surface area contributed by atoms with Crippen LogP contribution >= 0.6 is 0 Å². The minimum Gasteiger partial charge on any atom is -0.478 e. The van der Waals surface area contributed by atoms with E-state index in [1.807, 2.05) is 37.2 Å². The Morgan fingerprint density at radius 3 is 2.23 bits per heavy atom. The molecule has 2 rings (SSSR count). The lowest BCUT2D eigenvalue weighted by Gasteiger charge is -2.15. The first-order valence-electron chi connectivity index (χ1n) is 6.99. The molecule has 0 aliphatic heterocycles. The van der Waals surface area contributed by atoms with E-state index in [1.165, 1.54) is 6.07 Å². The van der Waals surface area contributed by atoms with Gasteiger partial charge in [-0.3, -0.25) is 0 Å². The first-order valence-corrected chi connectivity index (χ1v) is 6.99. The van der Waals surface area contributed by atoms with Crippen LogP contribution in [0.3, 0.4) is 0 Å². The van der Waals surface area contributed by atoms with Gasteiger partial charge in [-0.1, -0.05) is 6.07 Å². The maximum Gasteiger partial charge on any atom is 0.339 e. The molecular formula is C17H19NO4. The Kier molecular flexibility index (Phi) is 4.35. The molecule has 5 nitrogen and oxygen atoms in total. The van der Waals surface area contributed by atoms with Gasteiger partial charge >= 0.3 is 11.9 Å². The molecule has 2 aromatic carbocycles. The molecule has 2 aromatic rings. The van der Waals surface area contributed by atoms with E-state index >= 15 is 0 Å². The number of anilines is 1. The van der Waals surface area contributed by atoms with Gasteiger partial charge in [-0.15, -0.1) is 0 Å². The average Bonchev–Trinajstić information content (AvgIpc) is 2.44. The Morgan fingerprint density at radius 1 is 1.05 bits per heavy atom. The molecule has 0 amide bonds. The summed E-state index contributed by atoms with van der Waals surface area (Å²) in [6.45, 7) is 3.45. The maximum atomic E-state index is 12.1. The van der Waals surface area contributed by atoms with Gasteiger partial charge in [-0.25, -0.2) is 9.59 Å². The van der Waals surface area contributed by atoms with Crippen LogP contribution in [0, 0.1) is 0 Å². The number of rotatable bonds is 4. The van der Waals surface area contributed by atoms with Crippen molar-refractivity contribution in [3.8, 4) is 0 Å². The average molecular weight is 301 g/mol. The van der Waals surface area contributed by atoms with Gasteiger partial charge in [0.25, 0.3) is 0 Å². The second-order valence-electron chi connectivity index (χ2n) is 5.58. The standard InChI is InChI=1S/C17H19NO4/c1-10(2)22-17(21)15-8-11-5-6-13(18(3)4)7-12(11)9-14(15)16(19)20/h5-10H,1-4H3,(H,19,20). The van der Waals surface area contributed by atoms with Crippen LogP contribution in [-0.2, 0) is 4.74 Å². The lowest BCUT2D eigenvalue weighted by Crippen LogP contribution is -2.15. The Balaban J connectivity index is 2.61. The molecule has 5 heteroatoms. The van der Waals surface area contributed by atoms with Crippen molar-refractivity contribution >= 4 is 28.4 Å². The molecule has 0 saturated heterocycles. The summed E-state index contributed by atoms with van der Waals surface area (Å²) in [6.07, 6.45) is -0.305. The van der Waals surface area contributed by atoms with Gasteiger partial charge in [0.05, 0.1) is 17.2 Å². The Bertz CT molecular complexity index is 735. The molecular weight excluding hydrogens is 282 g/mol. The first kappa shape index (κ1) is 15.8. The van der Waals surface area contributed by atoms with E-state index in [2.05, 4.69) is 0 Å². The Hall–Kier alpha value is -2.56. The van der Waals surface area contributed by atoms with Gasteiger partial charge in [0.1, 0.15) is 0 Å². The zero-order valence-electron chi connectivity index (χ0n) is 13.1. The number of aromatic carboxylic acids is 1. The highest BCUT2D eigenvalue weighted by Crippen LogP contribution is 2.25. The number of hydrogen-bond donors (Lipinski definition) is 1. The number of nitrogens with zero attached hydrogens (tertiary/aromatic N) is 1. The Labute approximate surface area is 129 Å². The number of esters is 1. The molecule has 22 heavy (non-hydrogen) atoms. The number of carbonyl (C=O) groups is 2. The molecule has 116 valence electrons. The zero-order valence-corrected chi connectivity index (χ0v) is 13.1. The number of carboxylic acid groups (broad SMARTS) is 1. The van der Waals surface area contributed by atoms with Crippen LogP contribution in [0.2, 0.25) is 0 Å². The molecule has 0 saturated carbocycles. The van der Waals surface area contributed by atoms with Crippen molar-refractivity contribution in [1.29, 1.82) is 0 Å².